The lowest BCUT2D eigenvalue weighted by atomic mass is 9.99. The fraction of sp³-hybridized carbons (Fsp3) is 0.333. The molecule has 0 spiro atoms. The summed E-state index contributed by atoms with van der Waals surface area (Å²) in [5.74, 6) is -2.19. The smallest absolute Gasteiger partial charge is 0.307 e. The Labute approximate surface area is 93.5 Å². The molecule has 0 aliphatic carbocycles. The van der Waals surface area contributed by atoms with Crippen molar-refractivity contribution < 1.29 is 19.8 Å². The normalized spacial score (nSPS) is 12.1. The van der Waals surface area contributed by atoms with Crippen molar-refractivity contribution >= 4 is 11.9 Å². The van der Waals surface area contributed by atoms with Gasteiger partial charge in [-0.15, -0.1) is 0 Å². The average Bonchev–Trinajstić information content (AvgIpc) is 2.16. The fourth-order valence-corrected chi connectivity index (χ4v) is 1.48. The lowest BCUT2D eigenvalue weighted by molar-refractivity contribution is -0.141. The van der Waals surface area contributed by atoms with Gasteiger partial charge in [-0.25, -0.2) is 0 Å². The van der Waals surface area contributed by atoms with Gasteiger partial charge in [0.15, 0.2) is 0 Å². The highest BCUT2D eigenvalue weighted by Gasteiger charge is 2.11. The first kappa shape index (κ1) is 12.2. The molecule has 0 saturated heterocycles. The summed E-state index contributed by atoms with van der Waals surface area (Å²) in [6.07, 6.45) is 0.387. The third kappa shape index (κ3) is 3.73. The van der Waals surface area contributed by atoms with E-state index in [0.29, 0.717) is 12.0 Å². The highest BCUT2D eigenvalue weighted by Crippen LogP contribution is 2.11. The Balaban J connectivity index is 2.74. The van der Waals surface area contributed by atoms with E-state index in [0.717, 1.165) is 5.56 Å². The van der Waals surface area contributed by atoms with Crippen LogP contribution in [0.25, 0.3) is 0 Å². The minimum atomic E-state index is -0.886. The Morgan fingerprint density at radius 2 is 1.88 bits per heavy atom. The van der Waals surface area contributed by atoms with Gasteiger partial charge >= 0.3 is 11.9 Å². The van der Waals surface area contributed by atoms with Crippen molar-refractivity contribution in [1.82, 2.24) is 0 Å². The van der Waals surface area contributed by atoms with Gasteiger partial charge < -0.3 is 10.2 Å². The van der Waals surface area contributed by atoms with Crippen LogP contribution in [0.3, 0.4) is 0 Å². The highest BCUT2D eigenvalue weighted by molar-refractivity contribution is 5.71. The largest absolute Gasteiger partial charge is 0.481 e. The molecule has 0 radical (unpaired) electrons. The second kappa shape index (κ2) is 5.30. The van der Waals surface area contributed by atoms with Crippen LogP contribution in [0.5, 0.6) is 0 Å². The van der Waals surface area contributed by atoms with Crippen LogP contribution in [0, 0.1) is 5.92 Å². The molecule has 86 valence electrons. The number of hydrogen-bond donors (Lipinski definition) is 2. The Kier molecular flexibility index (Phi) is 4.05. The van der Waals surface area contributed by atoms with E-state index < -0.39 is 17.9 Å². The predicted octanol–water partition coefficient (Wildman–Crippen LogP) is 1.58. The maximum atomic E-state index is 10.7. The van der Waals surface area contributed by atoms with Crippen molar-refractivity contribution in [2.45, 2.75) is 19.8 Å². The van der Waals surface area contributed by atoms with E-state index >= 15 is 0 Å². The number of carboxylic acid groups (broad SMARTS) is 2. The summed E-state index contributed by atoms with van der Waals surface area (Å²) >= 11 is 0. The monoisotopic (exact) mass is 222 g/mol. The second-order valence-corrected chi connectivity index (χ2v) is 3.83. The Hall–Kier alpha value is -1.84. The van der Waals surface area contributed by atoms with Crippen LogP contribution in [-0.4, -0.2) is 22.2 Å². The molecule has 0 heterocycles. The minimum absolute atomic E-state index is 0.0324. The highest BCUT2D eigenvalue weighted by atomic mass is 16.4. The summed E-state index contributed by atoms with van der Waals surface area (Å²) in [6.45, 7) is 1.63. The number of benzene rings is 1. The first-order valence-electron chi connectivity index (χ1n) is 5.01. The van der Waals surface area contributed by atoms with Crippen molar-refractivity contribution in [3.63, 3.8) is 0 Å². The van der Waals surface area contributed by atoms with Gasteiger partial charge in [-0.2, -0.15) is 0 Å². The van der Waals surface area contributed by atoms with Crippen LogP contribution in [0.1, 0.15) is 18.1 Å². The molecule has 0 aliphatic rings. The van der Waals surface area contributed by atoms with Crippen LogP contribution in [0.15, 0.2) is 24.3 Å². The van der Waals surface area contributed by atoms with Crippen LogP contribution in [0.4, 0.5) is 0 Å². The van der Waals surface area contributed by atoms with E-state index in [-0.39, 0.29) is 6.42 Å². The first-order valence-corrected chi connectivity index (χ1v) is 5.01. The molecule has 1 atom stereocenters. The number of carboxylic acids is 2. The number of carbonyl (C=O) groups is 2. The van der Waals surface area contributed by atoms with Gasteiger partial charge in [0.05, 0.1) is 12.3 Å². The molecule has 1 rings (SSSR count). The summed E-state index contributed by atoms with van der Waals surface area (Å²) in [5, 5.41) is 17.4. The van der Waals surface area contributed by atoms with Crippen molar-refractivity contribution in [3.8, 4) is 0 Å². The molecule has 2 N–H and O–H groups in total. The Bertz CT molecular complexity index is 398. The van der Waals surface area contributed by atoms with E-state index in [9.17, 15) is 9.59 Å². The molecular weight excluding hydrogens is 208 g/mol. The number of hydrogen-bond acceptors (Lipinski definition) is 2. The zero-order chi connectivity index (χ0) is 12.1. The molecule has 0 bridgehead atoms. The van der Waals surface area contributed by atoms with Gasteiger partial charge in [0.25, 0.3) is 0 Å². The maximum Gasteiger partial charge on any atom is 0.307 e. The summed E-state index contributed by atoms with van der Waals surface area (Å²) in [5.41, 5.74) is 1.55. The standard InChI is InChI=1S/C12H14O4/c1-8(12(15)16)5-9-3-2-4-10(6-9)7-11(13)14/h2-4,6,8H,5,7H2,1H3,(H,13,14)(H,15,16). The first-order chi connectivity index (χ1) is 7.49. The van der Waals surface area contributed by atoms with Gasteiger partial charge in [0.1, 0.15) is 0 Å². The Morgan fingerprint density at radius 1 is 1.25 bits per heavy atom. The van der Waals surface area contributed by atoms with E-state index in [1.54, 1.807) is 25.1 Å². The van der Waals surface area contributed by atoms with Crippen LogP contribution >= 0.6 is 0 Å². The molecule has 0 aliphatic heterocycles. The van der Waals surface area contributed by atoms with Crippen LogP contribution in [-0.2, 0) is 22.4 Å². The lowest BCUT2D eigenvalue weighted by Gasteiger charge is -2.07. The van der Waals surface area contributed by atoms with Crippen LogP contribution < -0.4 is 0 Å². The third-order valence-electron chi connectivity index (χ3n) is 2.31. The van der Waals surface area contributed by atoms with E-state index in [1.807, 2.05) is 6.07 Å². The molecule has 4 nitrogen and oxygen atoms in total. The van der Waals surface area contributed by atoms with Gasteiger partial charge in [-0.05, 0) is 17.5 Å². The van der Waals surface area contributed by atoms with Crippen LogP contribution in [0.2, 0.25) is 0 Å². The molecule has 1 aromatic rings. The van der Waals surface area contributed by atoms with Crippen molar-refractivity contribution in [2.75, 3.05) is 0 Å². The molecule has 0 amide bonds. The van der Waals surface area contributed by atoms with Gasteiger partial charge in [0, 0.05) is 0 Å². The van der Waals surface area contributed by atoms with Gasteiger partial charge in [0.2, 0.25) is 0 Å². The van der Waals surface area contributed by atoms with Crippen molar-refractivity contribution in [1.29, 1.82) is 0 Å². The van der Waals surface area contributed by atoms with Gasteiger partial charge in [-0.3, -0.25) is 9.59 Å². The summed E-state index contributed by atoms with van der Waals surface area (Å²) in [6, 6.07) is 7.03. The van der Waals surface area contributed by atoms with E-state index in [1.165, 1.54) is 0 Å². The minimum Gasteiger partial charge on any atom is -0.481 e. The number of rotatable bonds is 5. The molecule has 1 unspecified atom stereocenters. The van der Waals surface area contributed by atoms with Crippen molar-refractivity contribution in [2.24, 2.45) is 5.92 Å². The van der Waals surface area contributed by atoms with Crippen molar-refractivity contribution in [3.05, 3.63) is 35.4 Å². The molecule has 0 aromatic heterocycles. The molecule has 0 fully saturated rings. The van der Waals surface area contributed by atoms with E-state index in [2.05, 4.69) is 0 Å². The zero-order valence-electron chi connectivity index (χ0n) is 9.01. The lowest BCUT2D eigenvalue weighted by Crippen LogP contribution is -2.12. The molecular formula is C12H14O4. The summed E-state index contributed by atoms with van der Waals surface area (Å²) in [7, 11) is 0. The quantitative estimate of drug-likeness (QED) is 0.793. The Morgan fingerprint density at radius 3 is 2.44 bits per heavy atom. The predicted molar refractivity (Wildman–Crippen MR) is 58.3 cm³/mol. The molecule has 16 heavy (non-hydrogen) atoms. The molecule has 0 saturated carbocycles. The third-order valence-corrected chi connectivity index (χ3v) is 2.31. The maximum absolute atomic E-state index is 10.7. The fourth-order valence-electron chi connectivity index (χ4n) is 1.48. The average molecular weight is 222 g/mol. The topological polar surface area (TPSA) is 74.6 Å². The SMILES string of the molecule is CC(Cc1cccc(CC(=O)O)c1)C(=O)O. The zero-order valence-corrected chi connectivity index (χ0v) is 9.01. The second-order valence-electron chi connectivity index (χ2n) is 3.83. The summed E-state index contributed by atoms with van der Waals surface area (Å²) in [4.78, 5) is 21.2. The summed E-state index contributed by atoms with van der Waals surface area (Å²) < 4.78 is 0. The molecule has 1 aromatic carbocycles. The van der Waals surface area contributed by atoms with Gasteiger partial charge in [-0.1, -0.05) is 31.2 Å². The number of aliphatic carboxylic acids is 2. The molecule has 4 heteroatoms. The van der Waals surface area contributed by atoms with E-state index in [4.69, 9.17) is 10.2 Å².